The molecule has 2 nitrogen and oxygen atoms in total. The molecule has 1 atom stereocenters. The highest BCUT2D eigenvalue weighted by Gasteiger charge is 2.09. The normalized spacial score (nSPS) is 12.5. The van der Waals surface area contributed by atoms with Crippen LogP contribution in [0.2, 0.25) is 0 Å². The van der Waals surface area contributed by atoms with Gasteiger partial charge in [0.15, 0.2) is 0 Å². The molecule has 0 saturated heterocycles. The van der Waals surface area contributed by atoms with Crippen LogP contribution < -0.4 is 5.73 Å². The van der Waals surface area contributed by atoms with E-state index in [1.165, 1.54) is 0 Å². The van der Waals surface area contributed by atoms with E-state index in [-0.39, 0.29) is 11.8 Å². The number of nitrogens with two attached hydrogens (primary N) is 1. The van der Waals surface area contributed by atoms with Crippen LogP contribution in [0.3, 0.4) is 0 Å². The highest BCUT2D eigenvalue weighted by Crippen LogP contribution is 2.12. The molecule has 0 fully saturated rings. The average Bonchev–Trinajstić information content (AvgIpc) is 2.05. The highest BCUT2D eigenvalue weighted by molar-refractivity contribution is 5.81. The Morgan fingerprint density at radius 2 is 1.91 bits per heavy atom. The minimum atomic E-state index is -0.281. The number of rotatable bonds is 2. The lowest BCUT2D eigenvalue weighted by molar-refractivity contribution is -0.119. The number of carbonyl (C=O) groups is 1. The second kappa shape index (κ2) is 3.19. The second-order valence-corrected chi connectivity index (χ2v) is 2.53. The van der Waals surface area contributed by atoms with Crippen LogP contribution >= 0.6 is 0 Å². The first-order valence-electron chi connectivity index (χ1n) is 3.56. The molecule has 0 bridgehead atoms. The maximum Gasteiger partial charge on any atom is 0.224 e. The summed E-state index contributed by atoms with van der Waals surface area (Å²) in [6, 6.07) is 9.51. The molecule has 0 saturated carbocycles. The van der Waals surface area contributed by atoms with Gasteiger partial charge in [-0.05, 0) is 12.5 Å². The van der Waals surface area contributed by atoms with Gasteiger partial charge in [-0.15, -0.1) is 0 Å². The Labute approximate surface area is 66.0 Å². The number of carbonyl (C=O) groups excluding carboxylic acids is 1. The van der Waals surface area contributed by atoms with Crippen molar-refractivity contribution in [2.45, 2.75) is 12.8 Å². The van der Waals surface area contributed by atoms with Gasteiger partial charge in [0.25, 0.3) is 0 Å². The van der Waals surface area contributed by atoms with Crippen molar-refractivity contribution in [1.82, 2.24) is 0 Å². The zero-order valence-electron chi connectivity index (χ0n) is 6.45. The smallest absolute Gasteiger partial charge is 0.224 e. The van der Waals surface area contributed by atoms with E-state index < -0.39 is 0 Å². The molecule has 0 spiro atoms. The van der Waals surface area contributed by atoms with E-state index in [4.69, 9.17) is 5.73 Å². The molecule has 1 aromatic rings. The number of amides is 1. The summed E-state index contributed by atoms with van der Waals surface area (Å²) in [5.41, 5.74) is 6.10. The lowest BCUT2D eigenvalue weighted by Gasteiger charge is -2.05. The molecular formula is C9H11NO. The molecule has 0 aromatic heterocycles. The van der Waals surface area contributed by atoms with Gasteiger partial charge >= 0.3 is 0 Å². The van der Waals surface area contributed by atoms with Gasteiger partial charge in [0, 0.05) is 0 Å². The van der Waals surface area contributed by atoms with E-state index >= 15 is 0 Å². The summed E-state index contributed by atoms with van der Waals surface area (Å²) < 4.78 is 0. The Morgan fingerprint density at radius 3 is 2.36 bits per heavy atom. The molecule has 1 aromatic carbocycles. The Bertz CT molecular complexity index is 243. The van der Waals surface area contributed by atoms with Gasteiger partial charge in [-0.1, -0.05) is 30.3 Å². The Morgan fingerprint density at radius 1 is 1.36 bits per heavy atom. The van der Waals surface area contributed by atoms with Gasteiger partial charge in [-0.2, -0.15) is 0 Å². The molecule has 2 heteroatoms. The molecule has 11 heavy (non-hydrogen) atoms. The second-order valence-electron chi connectivity index (χ2n) is 2.53. The zero-order valence-corrected chi connectivity index (χ0v) is 6.45. The number of hydrogen-bond donors (Lipinski definition) is 1. The molecule has 1 rings (SSSR count). The predicted molar refractivity (Wildman–Crippen MR) is 44.1 cm³/mol. The summed E-state index contributed by atoms with van der Waals surface area (Å²) in [7, 11) is 0. The lowest BCUT2D eigenvalue weighted by atomic mass is 10.0. The van der Waals surface area contributed by atoms with Crippen LogP contribution in [-0.4, -0.2) is 5.91 Å². The molecule has 58 valence electrons. The van der Waals surface area contributed by atoms with Crippen molar-refractivity contribution in [3.63, 3.8) is 0 Å². The largest absolute Gasteiger partial charge is 0.369 e. The third-order valence-corrected chi connectivity index (χ3v) is 1.73. The van der Waals surface area contributed by atoms with Gasteiger partial charge < -0.3 is 5.73 Å². The summed E-state index contributed by atoms with van der Waals surface area (Å²) >= 11 is 0. The van der Waals surface area contributed by atoms with Crippen LogP contribution in [0.4, 0.5) is 0 Å². The molecule has 0 aliphatic heterocycles. The minimum absolute atomic E-state index is 0.184. The van der Waals surface area contributed by atoms with E-state index in [9.17, 15) is 4.79 Å². The Balaban J connectivity index is 2.85. The van der Waals surface area contributed by atoms with Crippen LogP contribution in [-0.2, 0) is 4.79 Å². The van der Waals surface area contributed by atoms with Crippen LogP contribution in [0.5, 0.6) is 0 Å². The van der Waals surface area contributed by atoms with Crippen LogP contribution in [0, 0.1) is 0 Å². The molecule has 1 amide bonds. The summed E-state index contributed by atoms with van der Waals surface area (Å²) in [6.45, 7) is 1.80. The number of hydrogen-bond acceptors (Lipinski definition) is 1. The lowest BCUT2D eigenvalue weighted by Crippen LogP contribution is -2.18. The van der Waals surface area contributed by atoms with Crippen molar-refractivity contribution >= 4 is 5.91 Å². The van der Waals surface area contributed by atoms with Crippen LogP contribution in [0.15, 0.2) is 30.3 Å². The summed E-state index contributed by atoms with van der Waals surface area (Å²) in [5.74, 6) is -0.465. The first-order valence-corrected chi connectivity index (χ1v) is 3.56. The van der Waals surface area contributed by atoms with Gasteiger partial charge in [-0.3, -0.25) is 4.79 Å². The molecule has 0 radical (unpaired) electrons. The van der Waals surface area contributed by atoms with Crippen molar-refractivity contribution in [3.8, 4) is 0 Å². The van der Waals surface area contributed by atoms with Crippen molar-refractivity contribution in [3.05, 3.63) is 35.9 Å². The predicted octanol–water partition coefficient (Wildman–Crippen LogP) is 1.28. The summed E-state index contributed by atoms with van der Waals surface area (Å²) in [5, 5.41) is 0. The van der Waals surface area contributed by atoms with Crippen molar-refractivity contribution in [1.29, 1.82) is 0 Å². The fourth-order valence-electron chi connectivity index (χ4n) is 0.906. The van der Waals surface area contributed by atoms with Crippen molar-refractivity contribution in [2.75, 3.05) is 0 Å². The maximum absolute atomic E-state index is 10.7. The standard InChI is InChI=1S/C9H11NO/c1-7(9(10)11)8-5-3-2-4-6-8/h2-7H,1H3,(H2,10,11). The van der Waals surface area contributed by atoms with Crippen LogP contribution in [0.1, 0.15) is 18.4 Å². The Hall–Kier alpha value is -1.31. The zero-order chi connectivity index (χ0) is 8.27. The average molecular weight is 149 g/mol. The molecule has 0 heterocycles. The van der Waals surface area contributed by atoms with Gasteiger partial charge in [-0.25, -0.2) is 0 Å². The first-order chi connectivity index (χ1) is 5.22. The SMILES string of the molecule is CC(C(N)=O)c1ccccc1. The molecule has 2 N–H and O–H groups in total. The molecule has 0 aliphatic carbocycles. The topological polar surface area (TPSA) is 43.1 Å². The van der Waals surface area contributed by atoms with Crippen LogP contribution in [0.25, 0.3) is 0 Å². The third-order valence-electron chi connectivity index (χ3n) is 1.73. The summed E-state index contributed by atoms with van der Waals surface area (Å²) in [4.78, 5) is 10.7. The van der Waals surface area contributed by atoms with Crippen molar-refractivity contribution < 1.29 is 4.79 Å². The van der Waals surface area contributed by atoms with E-state index in [0.717, 1.165) is 5.56 Å². The maximum atomic E-state index is 10.7. The fraction of sp³-hybridized carbons (Fsp3) is 0.222. The van der Waals surface area contributed by atoms with E-state index in [1.807, 2.05) is 30.3 Å². The molecule has 1 unspecified atom stereocenters. The van der Waals surface area contributed by atoms with E-state index in [1.54, 1.807) is 6.92 Å². The number of benzene rings is 1. The Kier molecular flexibility index (Phi) is 2.26. The fourth-order valence-corrected chi connectivity index (χ4v) is 0.906. The molecular weight excluding hydrogens is 138 g/mol. The summed E-state index contributed by atoms with van der Waals surface area (Å²) in [6.07, 6.45) is 0. The molecule has 0 aliphatic rings. The van der Waals surface area contributed by atoms with Gasteiger partial charge in [0.05, 0.1) is 5.92 Å². The minimum Gasteiger partial charge on any atom is -0.369 e. The van der Waals surface area contributed by atoms with Crippen molar-refractivity contribution in [2.24, 2.45) is 5.73 Å². The first kappa shape index (κ1) is 7.79. The highest BCUT2D eigenvalue weighted by atomic mass is 16.1. The number of primary amides is 1. The quantitative estimate of drug-likeness (QED) is 0.676. The third kappa shape index (κ3) is 1.80. The van der Waals surface area contributed by atoms with E-state index in [2.05, 4.69) is 0 Å². The van der Waals surface area contributed by atoms with Gasteiger partial charge in [0.1, 0.15) is 0 Å². The monoisotopic (exact) mass is 149 g/mol. The van der Waals surface area contributed by atoms with E-state index in [0.29, 0.717) is 0 Å². The van der Waals surface area contributed by atoms with Gasteiger partial charge in [0.2, 0.25) is 5.91 Å².